The third kappa shape index (κ3) is 44.7. The summed E-state index contributed by atoms with van der Waals surface area (Å²) in [6, 6.07) is 0. The van der Waals surface area contributed by atoms with Crippen LogP contribution in [0.5, 0.6) is 0 Å². The molecule has 0 amide bonds. The molecule has 0 saturated carbocycles. The van der Waals surface area contributed by atoms with Crippen molar-refractivity contribution < 1.29 is 37.9 Å². The second-order valence-corrected chi connectivity index (χ2v) is 16.6. The number of hydrogen-bond donors (Lipinski definition) is 2. The van der Waals surface area contributed by atoms with E-state index in [1.807, 2.05) is 0 Å². The number of phosphoric acid groups is 1. The quantitative estimate of drug-likeness (QED) is 0.0271. The molecule has 0 rings (SSSR count). The molecule has 0 aromatic rings. The Labute approximate surface area is 344 Å². The predicted octanol–water partition coefficient (Wildman–Crippen LogP) is 14.3. The number of esters is 2. The van der Waals surface area contributed by atoms with Crippen LogP contribution in [0.2, 0.25) is 0 Å². The molecule has 326 valence electrons. The van der Waals surface area contributed by atoms with E-state index < -0.39 is 32.5 Å². The van der Waals surface area contributed by atoms with Crippen molar-refractivity contribution in [2.45, 2.75) is 225 Å². The van der Waals surface area contributed by atoms with Gasteiger partial charge < -0.3 is 19.3 Å². The topological polar surface area (TPSA) is 119 Å². The Morgan fingerprint density at radius 1 is 0.464 bits per heavy atom. The first-order chi connectivity index (χ1) is 27.3. The lowest BCUT2D eigenvalue weighted by molar-refractivity contribution is -0.161. The van der Waals surface area contributed by atoms with E-state index in [-0.39, 0.29) is 19.4 Å². The van der Waals surface area contributed by atoms with Crippen LogP contribution in [0.3, 0.4) is 0 Å². The van der Waals surface area contributed by atoms with Gasteiger partial charge in [-0.1, -0.05) is 197 Å². The van der Waals surface area contributed by atoms with Gasteiger partial charge in [0.2, 0.25) is 0 Å². The van der Waals surface area contributed by atoms with Crippen LogP contribution in [0.25, 0.3) is 0 Å². The maximum absolute atomic E-state index is 12.4. The average Bonchev–Trinajstić information content (AvgIpc) is 3.17. The number of carbonyl (C=O) groups excluding carboxylic acids is 2. The zero-order valence-electron chi connectivity index (χ0n) is 36.0. The van der Waals surface area contributed by atoms with Crippen molar-refractivity contribution in [2.75, 3.05) is 13.2 Å². The number of unbranched alkanes of at least 4 members (excludes halogenated alkanes) is 24. The molecular weight excluding hydrogens is 723 g/mol. The van der Waals surface area contributed by atoms with Gasteiger partial charge in [0.05, 0.1) is 6.61 Å². The van der Waals surface area contributed by atoms with Gasteiger partial charge in [-0.25, -0.2) is 4.57 Å². The van der Waals surface area contributed by atoms with E-state index in [1.165, 1.54) is 122 Å². The van der Waals surface area contributed by atoms with Gasteiger partial charge in [-0.05, 0) is 57.8 Å². The summed E-state index contributed by atoms with van der Waals surface area (Å²) in [7, 11) is -4.76. The highest BCUT2D eigenvalue weighted by Crippen LogP contribution is 2.36. The van der Waals surface area contributed by atoms with Crippen molar-refractivity contribution in [3.8, 4) is 0 Å². The molecule has 0 saturated heterocycles. The number of ether oxygens (including phenoxy) is 2. The van der Waals surface area contributed by atoms with Crippen molar-refractivity contribution in [1.29, 1.82) is 0 Å². The number of hydrogen-bond acceptors (Lipinski definition) is 6. The lowest BCUT2D eigenvalue weighted by atomic mass is 10.0. The zero-order chi connectivity index (χ0) is 41.1. The number of phosphoric ester groups is 1. The highest BCUT2D eigenvalue weighted by Gasteiger charge is 2.22. The van der Waals surface area contributed by atoms with E-state index in [0.29, 0.717) is 12.8 Å². The summed E-state index contributed by atoms with van der Waals surface area (Å²) in [4.78, 5) is 43.0. The van der Waals surface area contributed by atoms with Gasteiger partial charge in [-0.15, -0.1) is 0 Å². The second kappa shape index (κ2) is 42.6. The van der Waals surface area contributed by atoms with Crippen LogP contribution in [0.15, 0.2) is 48.6 Å². The van der Waals surface area contributed by atoms with Gasteiger partial charge >= 0.3 is 19.8 Å². The second-order valence-electron chi connectivity index (χ2n) is 15.4. The highest BCUT2D eigenvalue weighted by atomic mass is 31.2. The predicted molar refractivity (Wildman–Crippen MR) is 234 cm³/mol. The number of allylic oxidation sites excluding steroid dienone is 8. The monoisotopic (exact) mass is 809 g/mol. The van der Waals surface area contributed by atoms with Crippen LogP contribution >= 0.6 is 7.82 Å². The average molecular weight is 809 g/mol. The molecule has 0 unspecified atom stereocenters. The van der Waals surface area contributed by atoms with E-state index in [9.17, 15) is 14.2 Å². The minimum atomic E-state index is -4.76. The number of rotatable bonds is 42. The van der Waals surface area contributed by atoms with E-state index >= 15 is 0 Å². The minimum absolute atomic E-state index is 0.207. The molecule has 0 radical (unpaired) electrons. The smallest absolute Gasteiger partial charge is 0.462 e. The molecule has 0 fully saturated rings. The number of carbonyl (C=O) groups is 2. The summed E-state index contributed by atoms with van der Waals surface area (Å²) < 4.78 is 26.4. The van der Waals surface area contributed by atoms with Gasteiger partial charge in [0.25, 0.3) is 0 Å². The Hall–Kier alpha value is -1.99. The van der Waals surface area contributed by atoms with Crippen molar-refractivity contribution in [3.05, 3.63) is 48.6 Å². The van der Waals surface area contributed by atoms with E-state index in [1.54, 1.807) is 0 Å². The summed E-state index contributed by atoms with van der Waals surface area (Å²) >= 11 is 0. The van der Waals surface area contributed by atoms with Gasteiger partial charge in [0, 0.05) is 12.8 Å². The van der Waals surface area contributed by atoms with E-state index in [0.717, 1.165) is 57.8 Å². The summed E-state index contributed by atoms with van der Waals surface area (Å²) in [5.41, 5.74) is 0. The molecule has 0 aliphatic carbocycles. The molecule has 0 aliphatic rings. The molecule has 8 nitrogen and oxygen atoms in total. The summed E-state index contributed by atoms with van der Waals surface area (Å²) in [5, 5.41) is 0. The fourth-order valence-electron chi connectivity index (χ4n) is 6.42. The Balaban J connectivity index is 3.92. The van der Waals surface area contributed by atoms with Gasteiger partial charge in [-0.2, -0.15) is 0 Å². The normalized spacial score (nSPS) is 12.9. The summed E-state index contributed by atoms with van der Waals surface area (Å²) in [6.45, 7) is 3.65. The Bertz CT molecular complexity index is 1050. The maximum atomic E-state index is 12.4. The molecule has 0 heterocycles. The van der Waals surface area contributed by atoms with Crippen LogP contribution in [0, 0.1) is 0 Å². The molecule has 1 atom stereocenters. The molecule has 0 bridgehead atoms. The molecule has 0 aliphatic heterocycles. The molecule has 0 aromatic carbocycles. The summed E-state index contributed by atoms with van der Waals surface area (Å²) in [6.07, 6.45) is 52.6. The van der Waals surface area contributed by atoms with Crippen molar-refractivity contribution in [1.82, 2.24) is 0 Å². The lowest BCUT2D eigenvalue weighted by Gasteiger charge is -2.18. The molecule has 0 aromatic heterocycles. The Kier molecular flexibility index (Phi) is 41.1. The van der Waals surface area contributed by atoms with Crippen LogP contribution in [0.4, 0.5) is 0 Å². The molecule has 9 heteroatoms. The molecular formula is C47H85O8P. The molecule has 0 spiro atoms. The Morgan fingerprint density at radius 3 is 1.23 bits per heavy atom. The highest BCUT2D eigenvalue weighted by molar-refractivity contribution is 7.46. The summed E-state index contributed by atoms with van der Waals surface area (Å²) in [5.74, 6) is -0.914. The van der Waals surface area contributed by atoms with Gasteiger partial charge in [0.15, 0.2) is 6.10 Å². The van der Waals surface area contributed by atoms with E-state index in [4.69, 9.17) is 19.3 Å². The Morgan fingerprint density at radius 2 is 0.804 bits per heavy atom. The van der Waals surface area contributed by atoms with Crippen LogP contribution < -0.4 is 0 Å². The van der Waals surface area contributed by atoms with Crippen molar-refractivity contribution in [2.24, 2.45) is 0 Å². The maximum Gasteiger partial charge on any atom is 0.469 e. The largest absolute Gasteiger partial charge is 0.469 e. The zero-order valence-corrected chi connectivity index (χ0v) is 36.9. The van der Waals surface area contributed by atoms with Crippen LogP contribution in [0.1, 0.15) is 219 Å². The van der Waals surface area contributed by atoms with Gasteiger partial charge in [0.1, 0.15) is 6.61 Å². The van der Waals surface area contributed by atoms with Crippen molar-refractivity contribution >= 4 is 19.8 Å². The standard InChI is InChI=1S/C47H85O8P/c1-3-5-7-9-11-13-15-17-19-21-23-25-27-29-31-33-35-37-39-41-46(48)53-43-45(44-54-56(50,51)52)55-47(49)42-40-38-36-34-32-30-28-26-24-22-20-18-16-14-12-10-8-6-4-2/h11,13,17,19,23,25,29,31,45H,3-10,12,14-16,18,20-22,24,26-28,30,32-44H2,1-2H3,(H2,50,51,52)/b13-11+,19-17+,25-23+,31-29+/t45-/m1/s1. The lowest BCUT2D eigenvalue weighted by Crippen LogP contribution is -2.29. The van der Waals surface area contributed by atoms with Crippen molar-refractivity contribution in [3.63, 3.8) is 0 Å². The van der Waals surface area contributed by atoms with Gasteiger partial charge in [-0.3, -0.25) is 14.1 Å². The fraction of sp³-hybridized carbons (Fsp3) is 0.787. The first-order valence-corrected chi connectivity index (χ1v) is 24.5. The van der Waals surface area contributed by atoms with Crippen LogP contribution in [-0.4, -0.2) is 41.0 Å². The fourth-order valence-corrected chi connectivity index (χ4v) is 6.78. The minimum Gasteiger partial charge on any atom is -0.462 e. The first kappa shape index (κ1) is 54.0. The third-order valence-electron chi connectivity index (χ3n) is 9.85. The van der Waals surface area contributed by atoms with E-state index in [2.05, 4.69) is 67.0 Å². The SMILES string of the molecule is CCCCC/C=C/C/C=C/C/C=C/C/C=C/CCCCCC(=O)OC[C@H](COP(=O)(O)O)OC(=O)CCCCCCCCCCCCCCCCCCCCC. The molecule has 56 heavy (non-hydrogen) atoms. The van der Waals surface area contributed by atoms with Crippen LogP contribution in [-0.2, 0) is 28.2 Å². The molecule has 2 N–H and O–H groups in total. The third-order valence-corrected chi connectivity index (χ3v) is 10.3. The first-order valence-electron chi connectivity index (χ1n) is 22.9.